The van der Waals surface area contributed by atoms with E-state index >= 15 is 0 Å². The highest BCUT2D eigenvalue weighted by molar-refractivity contribution is 8.25. The minimum atomic E-state index is -2.92. The first kappa shape index (κ1) is 28.7. The Bertz CT molecular complexity index is 1060. The molecular weight excluding hydrogens is 500 g/mol. The maximum absolute atomic E-state index is 13.6. The van der Waals surface area contributed by atoms with Crippen molar-refractivity contribution in [1.29, 1.82) is 0 Å². The first-order valence-corrected chi connectivity index (χ1v) is 15.6. The Morgan fingerprint density at radius 2 is 1.82 bits per heavy atom. The lowest BCUT2D eigenvalue weighted by Crippen LogP contribution is -2.52. The molecule has 38 heavy (non-hydrogen) atoms. The van der Waals surface area contributed by atoms with Crippen LogP contribution in [0, 0.1) is 0 Å². The molecule has 2 atom stereocenters. The Morgan fingerprint density at radius 1 is 1.08 bits per heavy atom. The Hall–Kier alpha value is -2.30. The monoisotopic (exact) mass is 544 g/mol. The minimum Gasteiger partial charge on any atom is -0.390 e. The molecule has 6 N–H and O–H groups in total. The van der Waals surface area contributed by atoms with Crippen LogP contribution in [0.3, 0.4) is 0 Å². The number of rotatable bonds is 11. The lowest BCUT2D eigenvalue weighted by atomic mass is 9.97. The summed E-state index contributed by atoms with van der Waals surface area (Å²) in [6.45, 7) is 5.77. The number of aliphatic hydroxyl groups is 1. The number of β-amino-alcohol motifs (C(OH)–C–C–N with tert-alkyl or cyclic N) is 1. The van der Waals surface area contributed by atoms with Crippen LogP contribution >= 0.6 is 10.8 Å². The molecule has 2 fully saturated rings. The largest absolute Gasteiger partial charge is 0.390 e. The van der Waals surface area contributed by atoms with Gasteiger partial charge in [-0.3, -0.25) is 18.2 Å². The summed E-state index contributed by atoms with van der Waals surface area (Å²) in [5.41, 5.74) is 2.83. The second kappa shape index (κ2) is 12.7. The smallest absolute Gasteiger partial charge is 0.251 e. The van der Waals surface area contributed by atoms with Gasteiger partial charge in [0.1, 0.15) is 0 Å². The average Bonchev–Trinajstić information content (AvgIpc) is 3.34. The Labute approximate surface area is 228 Å². The molecule has 0 bridgehead atoms. The van der Waals surface area contributed by atoms with E-state index in [9.17, 15) is 19.0 Å². The van der Waals surface area contributed by atoms with E-state index in [4.69, 9.17) is 0 Å². The highest BCUT2D eigenvalue weighted by Crippen LogP contribution is 2.50. The van der Waals surface area contributed by atoms with Gasteiger partial charge in [0.25, 0.3) is 5.91 Å². The van der Waals surface area contributed by atoms with E-state index in [1.807, 2.05) is 43.3 Å². The molecule has 9 heteroatoms. The summed E-state index contributed by atoms with van der Waals surface area (Å²) in [7, 11) is -2.92. The second-order valence-electron chi connectivity index (χ2n) is 10.9. The van der Waals surface area contributed by atoms with Crippen LogP contribution in [-0.4, -0.2) is 63.2 Å². The van der Waals surface area contributed by atoms with Crippen LogP contribution < -0.4 is 20.3 Å². The summed E-state index contributed by atoms with van der Waals surface area (Å²) in [5.74, 6) is 0.0311. The third-order valence-electron chi connectivity index (χ3n) is 7.76. The van der Waals surface area contributed by atoms with E-state index in [0.29, 0.717) is 43.1 Å². The van der Waals surface area contributed by atoms with Gasteiger partial charge in [0, 0.05) is 36.4 Å². The molecule has 1 heterocycles. The van der Waals surface area contributed by atoms with Gasteiger partial charge < -0.3 is 21.1 Å². The van der Waals surface area contributed by atoms with Gasteiger partial charge in [0.05, 0.1) is 23.6 Å². The van der Waals surface area contributed by atoms with Crippen molar-refractivity contribution >= 4 is 28.1 Å². The van der Waals surface area contributed by atoms with Crippen LogP contribution in [0.2, 0.25) is 0 Å². The number of hydrogen-bond acceptors (Lipinski definition) is 7. The highest BCUT2D eigenvalue weighted by atomic mass is 32.3. The van der Waals surface area contributed by atoms with E-state index in [1.54, 1.807) is 16.4 Å². The predicted octanol–water partition coefficient (Wildman–Crippen LogP) is 5.01. The zero-order valence-corrected chi connectivity index (χ0v) is 23.5. The fraction of sp³-hybridized carbons (Fsp3) is 0.552. The lowest BCUT2D eigenvalue weighted by Gasteiger charge is -2.47. The molecular formula is C29H44N4O4S. The molecule has 0 aromatic heterocycles. The Kier molecular flexibility index (Phi) is 9.59. The highest BCUT2D eigenvalue weighted by Gasteiger charge is 2.31. The van der Waals surface area contributed by atoms with Crippen LogP contribution in [0.25, 0.3) is 0 Å². The molecule has 2 aromatic carbocycles. The molecule has 2 aromatic rings. The number of carbonyl (C=O) groups is 1. The number of aliphatic hydroxyl groups excluding tert-OH is 1. The molecule has 210 valence electrons. The van der Waals surface area contributed by atoms with Crippen LogP contribution in [-0.2, 0) is 6.42 Å². The van der Waals surface area contributed by atoms with E-state index in [1.165, 1.54) is 12.8 Å². The van der Waals surface area contributed by atoms with E-state index in [-0.39, 0.29) is 11.4 Å². The van der Waals surface area contributed by atoms with Gasteiger partial charge in [0.15, 0.2) is 0 Å². The molecule has 2 unspecified atom stereocenters. The van der Waals surface area contributed by atoms with E-state index < -0.39 is 22.9 Å². The van der Waals surface area contributed by atoms with Crippen molar-refractivity contribution in [3.63, 3.8) is 0 Å². The van der Waals surface area contributed by atoms with Crippen molar-refractivity contribution in [2.75, 3.05) is 35.0 Å². The molecule has 2 aliphatic rings. The van der Waals surface area contributed by atoms with Gasteiger partial charge in [0.2, 0.25) is 0 Å². The van der Waals surface area contributed by atoms with Crippen molar-refractivity contribution in [3.05, 3.63) is 59.7 Å². The number of nitrogens with zero attached hydrogens (tertiary/aromatic N) is 1. The molecule has 1 amide bonds. The number of benzene rings is 2. The summed E-state index contributed by atoms with van der Waals surface area (Å²) >= 11 is 0. The lowest BCUT2D eigenvalue weighted by molar-refractivity contribution is 0.0812. The zero-order valence-electron chi connectivity index (χ0n) is 22.7. The predicted molar refractivity (Wildman–Crippen MR) is 157 cm³/mol. The number of hydrogen-bond donors (Lipinski definition) is 6. The van der Waals surface area contributed by atoms with Crippen LogP contribution in [0.15, 0.2) is 48.5 Å². The molecule has 1 saturated heterocycles. The summed E-state index contributed by atoms with van der Waals surface area (Å²) in [6, 6.07) is 14.7. The van der Waals surface area contributed by atoms with Gasteiger partial charge in [-0.05, 0) is 69.7 Å². The van der Waals surface area contributed by atoms with E-state index in [2.05, 4.69) is 22.9 Å². The number of amides is 1. The summed E-state index contributed by atoms with van der Waals surface area (Å²) in [6.07, 6.45) is 5.91. The number of anilines is 2. The second-order valence-corrected chi connectivity index (χ2v) is 13.0. The molecule has 8 nitrogen and oxygen atoms in total. The molecule has 0 spiro atoms. The molecule has 4 rings (SSSR count). The Balaban J connectivity index is 1.55. The molecule has 1 saturated carbocycles. The van der Waals surface area contributed by atoms with Gasteiger partial charge in [-0.1, -0.05) is 43.2 Å². The average molecular weight is 545 g/mol. The number of carbonyl (C=O) groups excluding carboxylic acids is 1. The fourth-order valence-corrected chi connectivity index (χ4v) is 7.20. The van der Waals surface area contributed by atoms with E-state index in [0.717, 1.165) is 36.9 Å². The summed E-state index contributed by atoms with van der Waals surface area (Å²) in [5, 5.41) is 21.2. The maximum Gasteiger partial charge on any atom is 0.251 e. The van der Waals surface area contributed by atoms with Gasteiger partial charge in [-0.15, -0.1) is 10.8 Å². The van der Waals surface area contributed by atoms with Gasteiger partial charge >= 0.3 is 0 Å². The summed E-state index contributed by atoms with van der Waals surface area (Å²) < 4.78 is 23.0. The topological polar surface area (TPSA) is 117 Å². The standard InChI is InChI=1S/C29H44N4O4S/c1-3-30-24-18-23(19-25(20-24)33-15-9-10-16-38(33,36)37)28(35)32-26(17-22-11-5-4-6-12-22)27(34)21-31-29(2)13-7-8-14-29/h4-6,11-12,18-20,26-27,30-31,34,36-37H,3,7-10,13-17,21H2,1-2H3,(H,32,35). The zero-order chi connectivity index (χ0) is 27.2. The summed E-state index contributed by atoms with van der Waals surface area (Å²) in [4.78, 5) is 13.6. The quantitative estimate of drug-likeness (QED) is 0.236. The minimum absolute atomic E-state index is 0.0230. The normalized spacial score (nSPS) is 20.9. The molecule has 1 aliphatic carbocycles. The third kappa shape index (κ3) is 7.42. The Morgan fingerprint density at radius 3 is 2.50 bits per heavy atom. The number of nitrogens with one attached hydrogen (secondary N) is 3. The molecule has 0 radical (unpaired) electrons. The fourth-order valence-electron chi connectivity index (χ4n) is 5.53. The first-order valence-electron chi connectivity index (χ1n) is 13.9. The van der Waals surface area contributed by atoms with Crippen molar-refractivity contribution in [3.8, 4) is 0 Å². The third-order valence-corrected chi connectivity index (χ3v) is 9.69. The molecule has 1 aliphatic heterocycles. The van der Waals surface area contributed by atoms with Crippen LogP contribution in [0.5, 0.6) is 0 Å². The van der Waals surface area contributed by atoms with Crippen LogP contribution in [0.1, 0.15) is 68.3 Å². The maximum atomic E-state index is 13.6. The van der Waals surface area contributed by atoms with Crippen molar-refractivity contribution in [1.82, 2.24) is 10.6 Å². The van der Waals surface area contributed by atoms with Crippen LogP contribution in [0.4, 0.5) is 11.4 Å². The first-order chi connectivity index (χ1) is 18.2. The van der Waals surface area contributed by atoms with Crippen molar-refractivity contribution in [2.24, 2.45) is 0 Å². The van der Waals surface area contributed by atoms with Gasteiger partial charge in [-0.25, -0.2) is 0 Å². The van der Waals surface area contributed by atoms with Crippen molar-refractivity contribution in [2.45, 2.75) is 76.5 Å². The van der Waals surface area contributed by atoms with Gasteiger partial charge in [-0.2, -0.15) is 0 Å². The van der Waals surface area contributed by atoms with Crippen molar-refractivity contribution < 1.29 is 19.0 Å². The SMILES string of the molecule is CCNc1cc(C(=O)NC(Cc2ccccc2)C(O)CNC2(C)CCCC2)cc(N2CCCCS2(O)O)c1.